The molecule has 0 unspecified atom stereocenters. The Morgan fingerprint density at radius 1 is 1.27 bits per heavy atom. The SMILES string of the molecule is Cc1nccn1-c1nccnc1C(N)=O. The maximum atomic E-state index is 11.1. The summed E-state index contributed by atoms with van der Waals surface area (Å²) >= 11 is 0. The summed E-state index contributed by atoms with van der Waals surface area (Å²) in [6, 6.07) is 0. The number of hydrogen-bond acceptors (Lipinski definition) is 4. The van der Waals surface area contributed by atoms with Crippen LogP contribution in [0.4, 0.5) is 0 Å². The van der Waals surface area contributed by atoms with Crippen molar-refractivity contribution >= 4 is 5.91 Å². The first-order chi connectivity index (χ1) is 7.20. The second kappa shape index (κ2) is 3.49. The van der Waals surface area contributed by atoms with Gasteiger partial charge in [0, 0.05) is 24.8 Å². The predicted octanol–water partition coefficient (Wildman–Crippen LogP) is 0.0696. The van der Waals surface area contributed by atoms with Gasteiger partial charge >= 0.3 is 0 Å². The molecule has 15 heavy (non-hydrogen) atoms. The Bertz CT molecular complexity index is 505. The van der Waals surface area contributed by atoms with Crippen molar-refractivity contribution in [3.05, 3.63) is 36.3 Å². The quantitative estimate of drug-likeness (QED) is 0.748. The van der Waals surface area contributed by atoms with Gasteiger partial charge in [-0.15, -0.1) is 0 Å². The number of primary amides is 1. The van der Waals surface area contributed by atoms with Crippen LogP contribution in [-0.2, 0) is 0 Å². The van der Waals surface area contributed by atoms with Crippen LogP contribution in [0.3, 0.4) is 0 Å². The molecular weight excluding hydrogens is 194 g/mol. The van der Waals surface area contributed by atoms with Crippen molar-refractivity contribution in [3.8, 4) is 5.82 Å². The van der Waals surface area contributed by atoms with E-state index in [1.165, 1.54) is 12.4 Å². The molecule has 0 saturated carbocycles. The van der Waals surface area contributed by atoms with Crippen LogP contribution in [0.5, 0.6) is 0 Å². The summed E-state index contributed by atoms with van der Waals surface area (Å²) in [6.45, 7) is 1.81. The fraction of sp³-hybridized carbons (Fsp3) is 0.111. The number of amides is 1. The standard InChI is InChI=1S/C9H9N5O/c1-6-11-4-5-14(6)9-7(8(10)15)12-2-3-13-9/h2-5H,1H3,(H2,10,15). The van der Waals surface area contributed by atoms with Gasteiger partial charge in [0.15, 0.2) is 11.5 Å². The monoisotopic (exact) mass is 203 g/mol. The van der Waals surface area contributed by atoms with Gasteiger partial charge in [0.05, 0.1) is 0 Å². The lowest BCUT2D eigenvalue weighted by Gasteiger charge is -2.06. The van der Waals surface area contributed by atoms with E-state index in [9.17, 15) is 4.79 Å². The second-order valence-corrected chi connectivity index (χ2v) is 2.94. The second-order valence-electron chi connectivity index (χ2n) is 2.94. The zero-order chi connectivity index (χ0) is 10.8. The average molecular weight is 203 g/mol. The van der Waals surface area contributed by atoms with Gasteiger partial charge in [0.1, 0.15) is 5.82 Å². The van der Waals surface area contributed by atoms with E-state index in [1.807, 2.05) is 0 Å². The highest BCUT2D eigenvalue weighted by Crippen LogP contribution is 2.09. The van der Waals surface area contributed by atoms with E-state index in [-0.39, 0.29) is 5.69 Å². The summed E-state index contributed by atoms with van der Waals surface area (Å²) in [5.74, 6) is 0.518. The van der Waals surface area contributed by atoms with Gasteiger partial charge in [-0.05, 0) is 6.92 Å². The molecule has 0 radical (unpaired) electrons. The summed E-state index contributed by atoms with van der Waals surface area (Å²) in [5, 5.41) is 0. The Hall–Kier alpha value is -2.24. The fourth-order valence-corrected chi connectivity index (χ4v) is 1.28. The maximum absolute atomic E-state index is 11.1. The van der Waals surface area contributed by atoms with Crippen molar-refractivity contribution in [2.24, 2.45) is 5.73 Å². The average Bonchev–Trinajstić information content (AvgIpc) is 2.64. The summed E-state index contributed by atoms with van der Waals surface area (Å²) in [6.07, 6.45) is 6.25. The molecular formula is C9H9N5O. The van der Waals surface area contributed by atoms with E-state index in [0.717, 1.165) is 5.82 Å². The minimum Gasteiger partial charge on any atom is -0.364 e. The van der Waals surface area contributed by atoms with Crippen molar-refractivity contribution in [1.29, 1.82) is 0 Å². The van der Waals surface area contributed by atoms with Crippen LogP contribution in [-0.4, -0.2) is 25.4 Å². The molecule has 2 aromatic rings. The first-order valence-electron chi connectivity index (χ1n) is 4.31. The number of carbonyl (C=O) groups excluding carboxylic acids is 1. The minimum atomic E-state index is -0.605. The highest BCUT2D eigenvalue weighted by atomic mass is 16.1. The Kier molecular flexibility index (Phi) is 2.17. The van der Waals surface area contributed by atoms with Crippen LogP contribution in [0.25, 0.3) is 5.82 Å². The van der Waals surface area contributed by atoms with Crippen LogP contribution < -0.4 is 5.73 Å². The zero-order valence-electron chi connectivity index (χ0n) is 8.08. The highest BCUT2D eigenvalue weighted by Gasteiger charge is 2.13. The summed E-state index contributed by atoms with van der Waals surface area (Å²) in [7, 11) is 0. The maximum Gasteiger partial charge on any atom is 0.271 e. The van der Waals surface area contributed by atoms with Gasteiger partial charge in [0.25, 0.3) is 5.91 Å². The van der Waals surface area contributed by atoms with E-state index in [0.29, 0.717) is 5.82 Å². The van der Waals surface area contributed by atoms with Gasteiger partial charge in [-0.25, -0.2) is 15.0 Å². The number of carbonyl (C=O) groups is 1. The summed E-state index contributed by atoms with van der Waals surface area (Å²) in [4.78, 5) is 23.1. The highest BCUT2D eigenvalue weighted by molar-refractivity contribution is 5.93. The first-order valence-corrected chi connectivity index (χ1v) is 4.31. The molecule has 6 nitrogen and oxygen atoms in total. The van der Waals surface area contributed by atoms with Crippen LogP contribution in [0, 0.1) is 6.92 Å². The smallest absolute Gasteiger partial charge is 0.271 e. The predicted molar refractivity (Wildman–Crippen MR) is 52.4 cm³/mol. The lowest BCUT2D eigenvalue weighted by molar-refractivity contribution is 0.0995. The Morgan fingerprint density at radius 2 is 2.00 bits per heavy atom. The van der Waals surface area contributed by atoms with E-state index < -0.39 is 5.91 Å². The summed E-state index contributed by atoms with van der Waals surface area (Å²) < 4.78 is 1.66. The molecule has 76 valence electrons. The van der Waals surface area contributed by atoms with E-state index >= 15 is 0 Å². The molecule has 0 atom stereocenters. The van der Waals surface area contributed by atoms with E-state index in [2.05, 4.69) is 15.0 Å². The molecule has 0 spiro atoms. The Balaban J connectivity index is 2.63. The van der Waals surface area contributed by atoms with Crippen molar-refractivity contribution in [2.75, 3.05) is 0 Å². The van der Waals surface area contributed by atoms with Crippen molar-refractivity contribution in [1.82, 2.24) is 19.5 Å². The van der Waals surface area contributed by atoms with Gasteiger partial charge in [-0.3, -0.25) is 9.36 Å². The topological polar surface area (TPSA) is 86.7 Å². The van der Waals surface area contributed by atoms with Crippen LogP contribution in [0.15, 0.2) is 24.8 Å². The molecule has 0 aliphatic carbocycles. The van der Waals surface area contributed by atoms with Gasteiger partial charge in [-0.2, -0.15) is 0 Å². The number of nitrogens with two attached hydrogens (primary N) is 1. The number of aromatic nitrogens is 4. The molecule has 2 N–H and O–H groups in total. The van der Waals surface area contributed by atoms with Crippen molar-refractivity contribution in [2.45, 2.75) is 6.92 Å². The largest absolute Gasteiger partial charge is 0.364 e. The van der Waals surface area contributed by atoms with Gasteiger partial charge in [0.2, 0.25) is 0 Å². The Morgan fingerprint density at radius 3 is 2.60 bits per heavy atom. The van der Waals surface area contributed by atoms with Crippen molar-refractivity contribution < 1.29 is 4.79 Å². The third-order valence-electron chi connectivity index (χ3n) is 1.97. The minimum absolute atomic E-state index is 0.138. The fourth-order valence-electron chi connectivity index (χ4n) is 1.28. The number of nitrogens with zero attached hydrogens (tertiary/aromatic N) is 4. The number of rotatable bonds is 2. The normalized spacial score (nSPS) is 10.2. The van der Waals surface area contributed by atoms with Crippen molar-refractivity contribution in [3.63, 3.8) is 0 Å². The summed E-state index contributed by atoms with van der Waals surface area (Å²) in [5.41, 5.74) is 5.33. The molecule has 2 aromatic heterocycles. The molecule has 6 heteroatoms. The van der Waals surface area contributed by atoms with Crippen LogP contribution >= 0.6 is 0 Å². The molecule has 0 aliphatic heterocycles. The third-order valence-corrected chi connectivity index (χ3v) is 1.97. The van der Waals surface area contributed by atoms with E-state index in [1.54, 1.807) is 23.9 Å². The van der Waals surface area contributed by atoms with Gasteiger partial charge < -0.3 is 5.73 Å². The molecule has 1 amide bonds. The molecule has 2 heterocycles. The number of hydrogen-bond donors (Lipinski definition) is 1. The molecule has 0 bridgehead atoms. The number of imidazole rings is 1. The van der Waals surface area contributed by atoms with Crippen LogP contribution in [0.2, 0.25) is 0 Å². The molecule has 0 aromatic carbocycles. The van der Waals surface area contributed by atoms with Gasteiger partial charge in [-0.1, -0.05) is 0 Å². The Labute approximate surface area is 85.8 Å². The molecule has 0 fully saturated rings. The molecule has 0 aliphatic rings. The lowest BCUT2D eigenvalue weighted by Crippen LogP contribution is -2.17. The van der Waals surface area contributed by atoms with Crippen LogP contribution in [0.1, 0.15) is 16.3 Å². The molecule has 0 saturated heterocycles. The third kappa shape index (κ3) is 1.56. The first kappa shape index (κ1) is 9.32. The zero-order valence-corrected chi connectivity index (χ0v) is 8.08. The molecule has 2 rings (SSSR count). The van der Waals surface area contributed by atoms with E-state index in [4.69, 9.17) is 5.73 Å². The lowest BCUT2D eigenvalue weighted by atomic mass is 10.4. The number of aryl methyl sites for hydroxylation is 1.